The number of hydrogen-bond acceptors (Lipinski definition) is 3. The van der Waals surface area contributed by atoms with Crippen LogP contribution in [0.3, 0.4) is 0 Å². The van der Waals surface area contributed by atoms with Gasteiger partial charge in [0.15, 0.2) is 0 Å². The SMILES string of the molecule is CCCn1cc(NC(=O)c2ccsc2-n2c(C)ccc2C)ccc1=O. The monoisotopic (exact) mass is 355 g/mol. The zero-order chi connectivity index (χ0) is 18.0. The minimum Gasteiger partial charge on any atom is -0.321 e. The van der Waals surface area contributed by atoms with Gasteiger partial charge in [0.2, 0.25) is 0 Å². The number of aromatic nitrogens is 2. The van der Waals surface area contributed by atoms with Crippen molar-refractivity contribution in [3.63, 3.8) is 0 Å². The largest absolute Gasteiger partial charge is 0.321 e. The number of aryl methyl sites for hydroxylation is 3. The van der Waals surface area contributed by atoms with Crippen molar-refractivity contribution in [2.75, 3.05) is 5.32 Å². The van der Waals surface area contributed by atoms with Crippen molar-refractivity contribution in [1.29, 1.82) is 0 Å². The third-order valence-electron chi connectivity index (χ3n) is 4.07. The second-order valence-corrected chi connectivity index (χ2v) is 6.89. The highest BCUT2D eigenvalue weighted by Crippen LogP contribution is 2.26. The Balaban J connectivity index is 1.90. The normalized spacial score (nSPS) is 10.8. The number of hydrogen-bond donors (Lipinski definition) is 1. The Bertz CT molecular complexity index is 946. The van der Waals surface area contributed by atoms with E-state index in [1.54, 1.807) is 16.8 Å². The number of thiophene rings is 1. The van der Waals surface area contributed by atoms with Gasteiger partial charge >= 0.3 is 0 Å². The van der Waals surface area contributed by atoms with Gasteiger partial charge in [0.1, 0.15) is 5.00 Å². The standard InChI is InChI=1S/C19H21N3O2S/c1-4-10-21-12-15(7-8-17(21)23)20-18(24)16-9-11-25-19(16)22-13(2)5-6-14(22)3/h5-9,11-12H,4,10H2,1-3H3,(H,20,24). The molecule has 3 heterocycles. The van der Waals surface area contributed by atoms with E-state index in [1.807, 2.05) is 44.4 Å². The van der Waals surface area contributed by atoms with Crippen LogP contribution >= 0.6 is 11.3 Å². The Labute approximate surface area is 150 Å². The second kappa shape index (κ2) is 7.11. The fourth-order valence-electron chi connectivity index (χ4n) is 2.86. The molecular formula is C19H21N3O2S. The third-order valence-corrected chi connectivity index (χ3v) is 4.97. The molecule has 0 atom stereocenters. The zero-order valence-electron chi connectivity index (χ0n) is 14.6. The molecule has 0 aliphatic carbocycles. The van der Waals surface area contributed by atoms with E-state index in [0.29, 0.717) is 17.8 Å². The summed E-state index contributed by atoms with van der Waals surface area (Å²) in [6, 6.07) is 9.04. The van der Waals surface area contributed by atoms with Gasteiger partial charge in [-0.2, -0.15) is 0 Å². The van der Waals surface area contributed by atoms with E-state index in [4.69, 9.17) is 0 Å². The molecule has 25 heavy (non-hydrogen) atoms. The van der Waals surface area contributed by atoms with E-state index in [2.05, 4.69) is 9.88 Å². The van der Waals surface area contributed by atoms with Gasteiger partial charge in [0.05, 0.1) is 11.3 Å². The molecule has 130 valence electrons. The predicted octanol–water partition coefficient (Wildman–Crippen LogP) is 3.98. The first-order valence-corrected chi connectivity index (χ1v) is 9.14. The highest BCUT2D eigenvalue weighted by molar-refractivity contribution is 7.13. The fourth-order valence-corrected chi connectivity index (χ4v) is 3.87. The van der Waals surface area contributed by atoms with Gasteiger partial charge in [-0.3, -0.25) is 9.59 Å². The maximum Gasteiger partial charge on any atom is 0.258 e. The van der Waals surface area contributed by atoms with Crippen molar-refractivity contribution in [1.82, 2.24) is 9.13 Å². The Hall–Kier alpha value is -2.60. The van der Waals surface area contributed by atoms with Crippen molar-refractivity contribution >= 4 is 22.9 Å². The number of anilines is 1. The molecule has 0 aliphatic heterocycles. The minimum atomic E-state index is -0.176. The molecule has 0 aliphatic rings. The average molecular weight is 355 g/mol. The molecule has 1 N–H and O–H groups in total. The lowest BCUT2D eigenvalue weighted by atomic mass is 10.2. The number of carbonyl (C=O) groups excluding carboxylic acids is 1. The van der Waals surface area contributed by atoms with Crippen molar-refractivity contribution in [3.8, 4) is 5.00 Å². The maximum absolute atomic E-state index is 12.8. The summed E-state index contributed by atoms with van der Waals surface area (Å²) < 4.78 is 3.70. The van der Waals surface area contributed by atoms with Crippen molar-refractivity contribution in [2.45, 2.75) is 33.7 Å². The van der Waals surface area contributed by atoms with Crippen LogP contribution in [-0.4, -0.2) is 15.0 Å². The molecule has 0 unspecified atom stereocenters. The zero-order valence-corrected chi connectivity index (χ0v) is 15.4. The summed E-state index contributed by atoms with van der Waals surface area (Å²) in [5, 5.41) is 5.73. The molecule has 0 spiro atoms. The molecule has 6 heteroatoms. The van der Waals surface area contributed by atoms with Gasteiger partial charge < -0.3 is 14.5 Å². The number of nitrogens with one attached hydrogen (secondary N) is 1. The summed E-state index contributed by atoms with van der Waals surface area (Å²) in [6.45, 7) is 6.69. The van der Waals surface area contributed by atoms with Crippen molar-refractivity contribution in [3.05, 3.63) is 69.2 Å². The molecular weight excluding hydrogens is 334 g/mol. The first kappa shape index (κ1) is 17.2. The number of amides is 1. The summed E-state index contributed by atoms with van der Waals surface area (Å²) in [5.41, 5.74) is 3.36. The third kappa shape index (κ3) is 3.44. The molecule has 0 fully saturated rings. The molecule has 5 nitrogen and oxygen atoms in total. The van der Waals surface area contributed by atoms with Crippen molar-refractivity contribution in [2.24, 2.45) is 0 Å². The minimum absolute atomic E-state index is 0.0605. The van der Waals surface area contributed by atoms with Crippen LogP contribution in [0, 0.1) is 13.8 Å². The summed E-state index contributed by atoms with van der Waals surface area (Å²) >= 11 is 1.54. The van der Waals surface area contributed by atoms with Crippen LogP contribution in [0.2, 0.25) is 0 Å². The van der Waals surface area contributed by atoms with E-state index in [9.17, 15) is 9.59 Å². The van der Waals surface area contributed by atoms with Crippen LogP contribution in [-0.2, 0) is 6.54 Å². The lowest BCUT2D eigenvalue weighted by Crippen LogP contribution is -2.20. The first-order valence-electron chi connectivity index (χ1n) is 8.26. The Morgan fingerprint density at radius 3 is 2.52 bits per heavy atom. The quantitative estimate of drug-likeness (QED) is 0.753. The van der Waals surface area contributed by atoms with Crippen molar-refractivity contribution < 1.29 is 4.79 Å². The van der Waals surface area contributed by atoms with E-state index >= 15 is 0 Å². The van der Waals surface area contributed by atoms with Crippen LogP contribution in [0.25, 0.3) is 5.00 Å². The van der Waals surface area contributed by atoms with Gasteiger partial charge in [-0.05, 0) is 49.9 Å². The summed E-state index contributed by atoms with van der Waals surface area (Å²) in [4.78, 5) is 24.6. The first-order chi connectivity index (χ1) is 12.0. The maximum atomic E-state index is 12.8. The van der Waals surface area contributed by atoms with Crippen LogP contribution < -0.4 is 10.9 Å². The van der Waals surface area contributed by atoms with E-state index in [0.717, 1.165) is 22.8 Å². The molecule has 1 amide bonds. The lowest BCUT2D eigenvalue weighted by molar-refractivity contribution is 0.102. The highest BCUT2D eigenvalue weighted by atomic mass is 32.1. The highest BCUT2D eigenvalue weighted by Gasteiger charge is 2.17. The molecule has 3 aromatic rings. The molecule has 0 bridgehead atoms. The molecule has 0 saturated carbocycles. The van der Waals surface area contributed by atoms with E-state index in [1.165, 1.54) is 17.4 Å². The van der Waals surface area contributed by atoms with E-state index in [-0.39, 0.29) is 11.5 Å². The molecule has 3 aromatic heterocycles. The van der Waals surface area contributed by atoms with Crippen LogP contribution in [0.5, 0.6) is 0 Å². The molecule has 3 rings (SSSR count). The Kier molecular flexibility index (Phi) is 4.90. The summed E-state index contributed by atoms with van der Waals surface area (Å²) in [6.07, 6.45) is 2.56. The Morgan fingerprint density at radius 1 is 1.12 bits per heavy atom. The molecule has 0 aromatic carbocycles. The second-order valence-electron chi connectivity index (χ2n) is 5.99. The Morgan fingerprint density at radius 2 is 1.84 bits per heavy atom. The smallest absolute Gasteiger partial charge is 0.258 e. The van der Waals surface area contributed by atoms with Gasteiger partial charge in [0, 0.05) is 30.2 Å². The van der Waals surface area contributed by atoms with E-state index < -0.39 is 0 Å². The van der Waals surface area contributed by atoms with Gasteiger partial charge in [-0.25, -0.2) is 0 Å². The van der Waals surface area contributed by atoms with Crippen LogP contribution in [0.1, 0.15) is 35.1 Å². The lowest BCUT2D eigenvalue weighted by Gasteiger charge is -2.11. The number of carbonyl (C=O) groups is 1. The molecule has 0 radical (unpaired) electrons. The van der Waals surface area contributed by atoms with Gasteiger partial charge in [-0.1, -0.05) is 6.92 Å². The molecule has 0 saturated heterocycles. The number of pyridine rings is 1. The van der Waals surface area contributed by atoms with Crippen LogP contribution in [0.15, 0.2) is 46.7 Å². The predicted molar refractivity (Wildman–Crippen MR) is 102 cm³/mol. The summed E-state index contributed by atoms with van der Waals surface area (Å²) in [5.74, 6) is -0.176. The fraction of sp³-hybridized carbons (Fsp3) is 0.263. The summed E-state index contributed by atoms with van der Waals surface area (Å²) in [7, 11) is 0. The van der Waals surface area contributed by atoms with Gasteiger partial charge in [0.25, 0.3) is 11.5 Å². The average Bonchev–Trinajstić information content (AvgIpc) is 3.17. The number of nitrogens with zero attached hydrogens (tertiary/aromatic N) is 2. The topological polar surface area (TPSA) is 56.0 Å². The van der Waals surface area contributed by atoms with Gasteiger partial charge in [-0.15, -0.1) is 11.3 Å². The van der Waals surface area contributed by atoms with Crippen LogP contribution in [0.4, 0.5) is 5.69 Å². The number of rotatable bonds is 5.